The van der Waals surface area contributed by atoms with E-state index in [0.29, 0.717) is 62.5 Å². The quantitative estimate of drug-likeness (QED) is 0.688. The fourth-order valence-electron chi connectivity index (χ4n) is 4.16. The molecule has 4 rings (SSSR count). The molecule has 0 saturated carbocycles. The highest BCUT2D eigenvalue weighted by molar-refractivity contribution is 6.35. The summed E-state index contributed by atoms with van der Waals surface area (Å²) < 4.78 is 13.5. The van der Waals surface area contributed by atoms with Gasteiger partial charge in [0, 0.05) is 39.3 Å². The number of nitrogens with zero attached hydrogens (tertiary/aromatic N) is 3. The monoisotopic (exact) mass is 423 g/mol. The smallest absolute Gasteiger partial charge is 0.277 e. The number of hydrogen-bond acceptors (Lipinski definition) is 5. The summed E-state index contributed by atoms with van der Waals surface area (Å²) in [5.41, 5.74) is 2.34. The van der Waals surface area contributed by atoms with E-state index in [4.69, 9.17) is 0 Å². The Balaban J connectivity index is 1.61. The van der Waals surface area contributed by atoms with Crippen molar-refractivity contribution in [2.45, 2.75) is 6.42 Å². The number of piperazine rings is 1. The molecule has 1 fully saturated rings. The van der Waals surface area contributed by atoms with Crippen molar-refractivity contribution in [2.75, 3.05) is 45.9 Å². The molecule has 162 valence electrons. The third-order valence-electron chi connectivity index (χ3n) is 5.85. The second kappa shape index (κ2) is 9.41. The molecule has 2 amide bonds. The fourth-order valence-corrected chi connectivity index (χ4v) is 4.16. The lowest BCUT2D eigenvalue weighted by atomic mass is 10.0. The van der Waals surface area contributed by atoms with Crippen molar-refractivity contribution < 1.29 is 19.1 Å². The Morgan fingerprint density at radius 2 is 1.52 bits per heavy atom. The number of rotatable bonds is 7. The van der Waals surface area contributed by atoms with Gasteiger partial charge in [-0.15, -0.1) is 0 Å². The van der Waals surface area contributed by atoms with Crippen molar-refractivity contribution in [3.63, 3.8) is 0 Å². The van der Waals surface area contributed by atoms with Crippen LogP contribution in [0.4, 0.5) is 4.39 Å². The fraction of sp³-hybridized carbons (Fsp3) is 0.333. The highest BCUT2D eigenvalue weighted by Gasteiger charge is 2.41. The van der Waals surface area contributed by atoms with E-state index in [1.165, 1.54) is 17.0 Å². The zero-order valence-corrected chi connectivity index (χ0v) is 17.3. The van der Waals surface area contributed by atoms with E-state index < -0.39 is 0 Å². The maximum absolute atomic E-state index is 13.5. The highest BCUT2D eigenvalue weighted by atomic mass is 19.1. The molecule has 0 aromatic heterocycles. The first-order valence-electron chi connectivity index (χ1n) is 10.6. The summed E-state index contributed by atoms with van der Waals surface area (Å²) in [6, 6.07) is 15.5. The summed E-state index contributed by atoms with van der Waals surface area (Å²) >= 11 is 0. The van der Waals surface area contributed by atoms with Crippen LogP contribution in [0.25, 0.3) is 5.57 Å². The number of aliphatic hydroxyl groups excluding tert-OH is 1. The Morgan fingerprint density at radius 1 is 0.839 bits per heavy atom. The third-order valence-corrected chi connectivity index (χ3v) is 5.85. The minimum Gasteiger partial charge on any atom is -0.395 e. The molecule has 6 nitrogen and oxygen atoms in total. The number of carbonyl (C=O) groups excluding carboxylic acids is 2. The van der Waals surface area contributed by atoms with Gasteiger partial charge in [-0.25, -0.2) is 4.39 Å². The molecule has 0 unspecified atom stereocenters. The molecule has 2 aromatic rings. The van der Waals surface area contributed by atoms with Crippen molar-refractivity contribution in [1.82, 2.24) is 14.7 Å². The van der Waals surface area contributed by atoms with Gasteiger partial charge in [-0.1, -0.05) is 42.5 Å². The largest absolute Gasteiger partial charge is 0.395 e. The zero-order valence-electron chi connectivity index (χ0n) is 17.3. The van der Waals surface area contributed by atoms with Crippen LogP contribution < -0.4 is 0 Å². The number of aliphatic hydroxyl groups is 1. The van der Waals surface area contributed by atoms with Crippen LogP contribution in [0.2, 0.25) is 0 Å². The van der Waals surface area contributed by atoms with E-state index in [1.54, 1.807) is 12.1 Å². The van der Waals surface area contributed by atoms with Crippen LogP contribution >= 0.6 is 0 Å². The molecular formula is C24H26FN3O3. The summed E-state index contributed by atoms with van der Waals surface area (Å²) in [6.45, 7) is 3.55. The molecular weight excluding hydrogens is 397 g/mol. The first-order valence-corrected chi connectivity index (χ1v) is 10.6. The first kappa shape index (κ1) is 21.2. The van der Waals surface area contributed by atoms with Gasteiger partial charge in [-0.2, -0.15) is 0 Å². The van der Waals surface area contributed by atoms with E-state index >= 15 is 0 Å². The Labute approximate surface area is 181 Å². The minimum absolute atomic E-state index is 0.0915. The second-order valence-corrected chi connectivity index (χ2v) is 7.78. The summed E-state index contributed by atoms with van der Waals surface area (Å²) in [5.74, 6) is -1.02. The van der Waals surface area contributed by atoms with Crippen LogP contribution in [0.15, 0.2) is 60.3 Å². The predicted octanol–water partition coefficient (Wildman–Crippen LogP) is 1.76. The molecule has 7 heteroatoms. The summed E-state index contributed by atoms with van der Waals surface area (Å²) in [6.07, 6.45) is 0.576. The van der Waals surface area contributed by atoms with Gasteiger partial charge in [-0.05, 0) is 29.7 Å². The molecule has 31 heavy (non-hydrogen) atoms. The number of β-amino-alcohol motifs (C(OH)–C–C–N with tert-alkyl or cyclic N) is 1. The van der Waals surface area contributed by atoms with Crippen molar-refractivity contribution in [2.24, 2.45) is 0 Å². The van der Waals surface area contributed by atoms with E-state index in [1.807, 2.05) is 35.2 Å². The molecule has 0 atom stereocenters. The maximum Gasteiger partial charge on any atom is 0.277 e. The number of carbonyl (C=O) groups is 2. The molecule has 0 radical (unpaired) electrons. The average molecular weight is 423 g/mol. The van der Waals surface area contributed by atoms with Crippen molar-refractivity contribution >= 4 is 17.4 Å². The van der Waals surface area contributed by atoms with Gasteiger partial charge < -0.3 is 10.0 Å². The highest BCUT2D eigenvalue weighted by Crippen LogP contribution is 2.32. The number of hydrogen-bond donors (Lipinski definition) is 1. The topological polar surface area (TPSA) is 64.1 Å². The normalized spacial score (nSPS) is 17.7. The lowest BCUT2D eigenvalue weighted by Gasteiger charge is -2.36. The third kappa shape index (κ3) is 4.52. The Hall–Kier alpha value is -3.03. The maximum atomic E-state index is 13.5. The number of amides is 2. The van der Waals surface area contributed by atoms with E-state index in [9.17, 15) is 19.1 Å². The molecule has 1 N–H and O–H groups in total. The number of halogens is 1. The standard InChI is InChI=1S/C24H26FN3O3/c25-20-8-6-19(7-9-20)21-22(27-14-12-26(13-15-27)16-17-29)24(31)28(23(21)30)11-10-18-4-2-1-3-5-18/h1-9,29H,10-17H2. The molecule has 0 bridgehead atoms. The van der Waals surface area contributed by atoms with Crippen LogP contribution in [0, 0.1) is 5.82 Å². The van der Waals surface area contributed by atoms with Gasteiger partial charge in [0.25, 0.3) is 11.8 Å². The van der Waals surface area contributed by atoms with Crippen LogP contribution in [0.1, 0.15) is 11.1 Å². The molecule has 2 heterocycles. The van der Waals surface area contributed by atoms with Gasteiger partial charge in [0.2, 0.25) is 0 Å². The Morgan fingerprint density at radius 3 is 2.16 bits per heavy atom. The van der Waals surface area contributed by atoms with Gasteiger partial charge in [0.05, 0.1) is 12.2 Å². The van der Waals surface area contributed by atoms with E-state index in [2.05, 4.69) is 4.90 Å². The van der Waals surface area contributed by atoms with Crippen LogP contribution in [-0.4, -0.2) is 77.5 Å². The van der Waals surface area contributed by atoms with Crippen molar-refractivity contribution in [3.05, 3.63) is 77.2 Å². The van der Waals surface area contributed by atoms with Gasteiger partial charge in [0.15, 0.2) is 0 Å². The first-order chi connectivity index (χ1) is 15.1. The van der Waals surface area contributed by atoms with Crippen molar-refractivity contribution in [3.8, 4) is 0 Å². The molecule has 2 aromatic carbocycles. The van der Waals surface area contributed by atoms with Crippen LogP contribution in [-0.2, 0) is 16.0 Å². The molecule has 1 saturated heterocycles. The van der Waals surface area contributed by atoms with E-state index in [0.717, 1.165) is 5.56 Å². The molecule has 0 aliphatic carbocycles. The van der Waals surface area contributed by atoms with Crippen molar-refractivity contribution in [1.29, 1.82) is 0 Å². The lowest BCUT2D eigenvalue weighted by molar-refractivity contribution is -0.137. The lowest BCUT2D eigenvalue weighted by Crippen LogP contribution is -2.48. The summed E-state index contributed by atoms with van der Waals surface area (Å²) in [5, 5.41) is 9.17. The SMILES string of the molecule is O=C1C(c2ccc(F)cc2)=C(N2CCN(CCO)CC2)C(=O)N1CCc1ccccc1. The Bertz CT molecular complexity index is 967. The molecule has 2 aliphatic heterocycles. The van der Waals surface area contributed by atoms with Crippen LogP contribution in [0.5, 0.6) is 0 Å². The van der Waals surface area contributed by atoms with Gasteiger partial charge in [0.1, 0.15) is 11.5 Å². The minimum atomic E-state index is -0.388. The predicted molar refractivity (Wildman–Crippen MR) is 115 cm³/mol. The second-order valence-electron chi connectivity index (χ2n) is 7.78. The number of benzene rings is 2. The van der Waals surface area contributed by atoms with E-state index in [-0.39, 0.29) is 24.2 Å². The zero-order chi connectivity index (χ0) is 21.8. The average Bonchev–Trinajstić information content (AvgIpc) is 3.04. The summed E-state index contributed by atoms with van der Waals surface area (Å²) in [7, 11) is 0. The molecule has 2 aliphatic rings. The number of imide groups is 1. The van der Waals surface area contributed by atoms with Crippen LogP contribution in [0.3, 0.4) is 0 Å². The van der Waals surface area contributed by atoms with Gasteiger partial charge >= 0.3 is 0 Å². The molecule has 0 spiro atoms. The Kier molecular flexibility index (Phi) is 6.44. The van der Waals surface area contributed by atoms with Gasteiger partial charge in [-0.3, -0.25) is 19.4 Å². The summed E-state index contributed by atoms with van der Waals surface area (Å²) in [4.78, 5) is 32.1.